The highest BCUT2D eigenvalue weighted by Gasteiger charge is 2.12. The number of rotatable bonds is 3. The van der Waals surface area contributed by atoms with Crippen molar-refractivity contribution in [2.45, 2.75) is 19.4 Å². The van der Waals surface area contributed by atoms with Gasteiger partial charge in [-0.05, 0) is 47.9 Å². The Morgan fingerprint density at radius 3 is 3.00 bits per heavy atom. The Bertz CT molecular complexity index is 804. The number of nitrogen functional groups attached to an aromatic ring is 1. The molecule has 0 unspecified atom stereocenters. The van der Waals surface area contributed by atoms with Crippen LogP contribution in [0.1, 0.15) is 11.1 Å². The lowest BCUT2D eigenvalue weighted by Gasteiger charge is -2.07. The van der Waals surface area contributed by atoms with Gasteiger partial charge in [0.2, 0.25) is 0 Å². The fourth-order valence-electron chi connectivity index (χ4n) is 3.06. The lowest BCUT2D eigenvalue weighted by atomic mass is 10.1. The smallest absolute Gasteiger partial charge is 0.122 e. The van der Waals surface area contributed by atoms with Gasteiger partial charge in [0, 0.05) is 35.8 Å². The number of nitrogens with zero attached hydrogens (tertiary/aromatic N) is 1. The van der Waals surface area contributed by atoms with E-state index in [1.807, 2.05) is 12.1 Å². The van der Waals surface area contributed by atoms with E-state index >= 15 is 0 Å². The molecule has 0 bridgehead atoms. The van der Waals surface area contributed by atoms with Gasteiger partial charge in [0.25, 0.3) is 0 Å². The van der Waals surface area contributed by atoms with Crippen LogP contribution in [0, 0.1) is 0 Å². The number of nitrogens with two attached hydrogens (primary N) is 1. The van der Waals surface area contributed by atoms with E-state index in [1.54, 1.807) is 0 Å². The van der Waals surface area contributed by atoms with Gasteiger partial charge < -0.3 is 15.0 Å². The molecule has 3 aromatic rings. The van der Waals surface area contributed by atoms with E-state index in [0.717, 1.165) is 37.4 Å². The number of hydrogen-bond donors (Lipinski definition) is 1. The minimum atomic E-state index is 0.818. The molecule has 0 saturated carbocycles. The Morgan fingerprint density at radius 1 is 1.10 bits per heavy atom. The molecule has 0 radical (unpaired) electrons. The van der Waals surface area contributed by atoms with Crippen LogP contribution in [0.2, 0.25) is 0 Å². The highest BCUT2D eigenvalue weighted by atomic mass is 16.5. The topological polar surface area (TPSA) is 40.2 Å². The Labute approximate surface area is 123 Å². The molecule has 0 aliphatic carbocycles. The number of fused-ring (bicyclic) bond motifs is 2. The van der Waals surface area contributed by atoms with Gasteiger partial charge >= 0.3 is 0 Å². The molecular weight excluding hydrogens is 260 g/mol. The Hall–Kier alpha value is -2.42. The van der Waals surface area contributed by atoms with Crippen LogP contribution in [0.4, 0.5) is 5.69 Å². The maximum atomic E-state index is 5.83. The average Bonchev–Trinajstić information content (AvgIpc) is 3.10. The van der Waals surface area contributed by atoms with Gasteiger partial charge in [0.15, 0.2) is 0 Å². The molecule has 106 valence electrons. The first-order chi connectivity index (χ1) is 10.3. The zero-order chi connectivity index (χ0) is 14.2. The highest BCUT2D eigenvalue weighted by molar-refractivity contribution is 5.83. The van der Waals surface area contributed by atoms with Crippen molar-refractivity contribution in [2.75, 3.05) is 12.3 Å². The van der Waals surface area contributed by atoms with Crippen molar-refractivity contribution < 1.29 is 4.74 Å². The summed E-state index contributed by atoms with van der Waals surface area (Å²) >= 11 is 0. The molecule has 21 heavy (non-hydrogen) atoms. The Morgan fingerprint density at radius 2 is 2.05 bits per heavy atom. The Kier molecular flexibility index (Phi) is 2.85. The van der Waals surface area contributed by atoms with Gasteiger partial charge in [-0.1, -0.05) is 12.1 Å². The minimum Gasteiger partial charge on any atom is -0.493 e. The minimum absolute atomic E-state index is 0.818. The van der Waals surface area contributed by atoms with E-state index in [9.17, 15) is 0 Å². The van der Waals surface area contributed by atoms with E-state index < -0.39 is 0 Å². The summed E-state index contributed by atoms with van der Waals surface area (Å²) in [7, 11) is 0. The van der Waals surface area contributed by atoms with E-state index in [4.69, 9.17) is 10.5 Å². The van der Waals surface area contributed by atoms with Crippen molar-refractivity contribution in [3.8, 4) is 5.75 Å². The molecule has 2 N–H and O–H groups in total. The molecule has 0 spiro atoms. The lowest BCUT2D eigenvalue weighted by Crippen LogP contribution is -2.00. The second-order valence-corrected chi connectivity index (χ2v) is 5.62. The van der Waals surface area contributed by atoms with Crippen molar-refractivity contribution >= 4 is 16.6 Å². The first-order valence-corrected chi connectivity index (χ1v) is 7.38. The first kappa shape index (κ1) is 12.3. The van der Waals surface area contributed by atoms with Crippen molar-refractivity contribution in [2.24, 2.45) is 0 Å². The SMILES string of the molecule is Nc1ccc2c(ccn2CCc2ccc3c(c2)CCO3)c1. The molecule has 1 aromatic heterocycles. The standard InChI is InChI=1S/C18H18N2O/c19-16-2-3-17-14(12-16)6-9-20(17)8-5-13-1-4-18-15(11-13)7-10-21-18/h1-4,6,9,11-12H,5,7-8,10,19H2. The van der Waals surface area contributed by atoms with Crippen molar-refractivity contribution in [3.05, 3.63) is 59.8 Å². The number of aryl methyl sites for hydroxylation is 2. The molecule has 4 rings (SSSR count). The van der Waals surface area contributed by atoms with Gasteiger partial charge in [-0.3, -0.25) is 0 Å². The molecule has 2 heterocycles. The molecular formula is C18H18N2O. The second-order valence-electron chi connectivity index (χ2n) is 5.62. The van der Waals surface area contributed by atoms with Crippen LogP contribution < -0.4 is 10.5 Å². The summed E-state index contributed by atoms with van der Waals surface area (Å²) in [4.78, 5) is 0. The summed E-state index contributed by atoms with van der Waals surface area (Å²) in [6, 6.07) is 14.8. The molecule has 0 amide bonds. The fourth-order valence-corrected chi connectivity index (χ4v) is 3.06. The van der Waals surface area contributed by atoms with E-state index in [-0.39, 0.29) is 0 Å². The summed E-state index contributed by atoms with van der Waals surface area (Å²) < 4.78 is 7.85. The third kappa shape index (κ3) is 2.25. The van der Waals surface area contributed by atoms with Crippen LogP contribution in [0.5, 0.6) is 5.75 Å². The zero-order valence-corrected chi connectivity index (χ0v) is 11.9. The third-order valence-electron chi connectivity index (χ3n) is 4.19. The van der Waals surface area contributed by atoms with Crippen LogP contribution in [0.15, 0.2) is 48.7 Å². The maximum Gasteiger partial charge on any atom is 0.122 e. The predicted octanol–water partition coefficient (Wildman–Crippen LogP) is 3.40. The van der Waals surface area contributed by atoms with Gasteiger partial charge in [-0.2, -0.15) is 0 Å². The molecule has 0 fully saturated rings. The first-order valence-electron chi connectivity index (χ1n) is 7.38. The number of ether oxygens (including phenoxy) is 1. The summed E-state index contributed by atoms with van der Waals surface area (Å²) in [6.45, 7) is 1.80. The third-order valence-corrected chi connectivity index (χ3v) is 4.19. The molecule has 2 aromatic carbocycles. The number of aromatic nitrogens is 1. The van der Waals surface area contributed by atoms with Crippen LogP contribution in [-0.2, 0) is 19.4 Å². The summed E-state index contributed by atoms with van der Waals surface area (Å²) in [5.41, 5.74) is 10.6. The number of anilines is 1. The fraction of sp³-hybridized carbons (Fsp3) is 0.222. The van der Waals surface area contributed by atoms with Crippen LogP contribution in [0.3, 0.4) is 0 Å². The predicted molar refractivity (Wildman–Crippen MR) is 85.7 cm³/mol. The maximum absolute atomic E-state index is 5.83. The molecule has 0 atom stereocenters. The van der Waals surface area contributed by atoms with E-state index in [2.05, 4.69) is 41.1 Å². The summed E-state index contributed by atoms with van der Waals surface area (Å²) in [5.74, 6) is 1.06. The quantitative estimate of drug-likeness (QED) is 0.746. The van der Waals surface area contributed by atoms with Crippen LogP contribution >= 0.6 is 0 Å². The second kappa shape index (κ2) is 4.85. The normalized spacial score (nSPS) is 13.3. The lowest BCUT2D eigenvalue weighted by molar-refractivity contribution is 0.357. The number of benzene rings is 2. The molecule has 0 saturated heterocycles. The van der Waals surface area contributed by atoms with Gasteiger partial charge in [0.1, 0.15) is 5.75 Å². The summed E-state index contributed by atoms with van der Waals surface area (Å²) in [6.07, 6.45) is 4.21. The van der Waals surface area contributed by atoms with E-state index in [1.165, 1.54) is 22.0 Å². The van der Waals surface area contributed by atoms with Gasteiger partial charge in [-0.15, -0.1) is 0 Å². The molecule has 3 nitrogen and oxygen atoms in total. The van der Waals surface area contributed by atoms with Crippen molar-refractivity contribution in [1.82, 2.24) is 4.57 Å². The Balaban J connectivity index is 1.55. The summed E-state index contributed by atoms with van der Waals surface area (Å²) in [5, 5.41) is 1.21. The largest absolute Gasteiger partial charge is 0.493 e. The average molecular weight is 278 g/mol. The van der Waals surface area contributed by atoms with E-state index in [0.29, 0.717) is 0 Å². The molecule has 3 heteroatoms. The van der Waals surface area contributed by atoms with Crippen LogP contribution in [0.25, 0.3) is 10.9 Å². The van der Waals surface area contributed by atoms with Crippen molar-refractivity contribution in [1.29, 1.82) is 0 Å². The number of hydrogen-bond acceptors (Lipinski definition) is 2. The monoisotopic (exact) mass is 278 g/mol. The highest BCUT2D eigenvalue weighted by Crippen LogP contribution is 2.26. The van der Waals surface area contributed by atoms with Gasteiger partial charge in [-0.25, -0.2) is 0 Å². The molecule has 1 aliphatic rings. The molecule has 1 aliphatic heterocycles. The zero-order valence-electron chi connectivity index (χ0n) is 11.9. The van der Waals surface area contributed by atoms with Gasteiger partial charge in [0.05, 0.1) is 6.61 Å². The van der Waals surface area contributed by atoms with Crippen molar-refractivity contribution in [3.63, 3.8) is 0 Å². The van der Waals surface area contributed by atoms with Crippen LogP contribution in [-0.4, -0.2) is 11.2 Å².